The number of hydrogen-bond acceptors (Lipinski definition) is 2. The topological polar surface area (TPSA) is 43.3 Å². The van der Waals surface area contributed by atoms with Crippen molar-refractivity contribution in [3.63, 3.8) is 0 Å². The minimum Gasteiger partial charge on any atom is -0.326 e. The molecule has 0 aliphatic heterocycles. The van der Waals surface area contributed by atoms with E-state index >= 15 is 0 Å². The first kappa shape index (κ1) is 9.85. The van der Waals surface area contributed by atoms with Gasteiger partial charge in [0.05, 0.1) is 11.4 Å². The number of nitrogens with two attached hydrogens (primary N) is 1. The van der Waals surface area contributed by atoms with E-state index in [9.17, 15) is 0 Å². The Kier molecular flexibility index (Phi) is 1.88. The molecular weight excluding hydrogens is 222 g/mol. The molecule has 2 aromatic heterocycles. The zero-order chi connectivity index (χ0) is 12.1. The van der Waals surface area contributed by atoms with Gasteiger partial charge in [0, 0.05) is 24.7 Å². The van der Waals surface area contributed by atoms with Crippen LogP contribution in [0.15, 0.2) is 42.6 Å². The smallest absolute Gasteiger partial charge is 0.137 e. The third-order valence-corrected chi connectivity index (χ3v) is 3.66. The fraction of sp³-hybridized carbons (Fsp3) is 0.133. The van der Waals surface area contributed by atoms with Crippen molar-refractivity contribution in [1.29, 1.82) is 0 Å². The number of nitrogens with zero attached hydrogens (tertiary/aromatic N) is 2. The number of fused-ring (bicyclic) bond motifs is 5. The summed E-state index contributed by atoms with van der Waals surface area (Å²) < 4.78 is 2.18. The van der Waals surface area contributed by atoms with Gasteiger partial charge in [0.25, 0.3) is 0 Å². The van der Waals surface area contributed by atoms with Crippen LogP contribution in [0.4, 0.5) is 0 Å². The minimum atomic E-state index is 0.560. The Morgan fingerprint density at radius 2 is 2.11 bits per heavy atom. The number of hydrogen-bond donors (Lipinski definition) is 1. The lowest BCUT2D eigenvalue weighted by molar-refractivity contribution is 1.01. The number of imidazole rings is 1. The predicted molar refractivity (Wildman–Crippen MR) is 71.3 cm³/mol. The van der Waals surface area contributed by atoms with E-state index in [0.717, 1.165) is 23.3 Å². The molecule has 0 bridgehead atoms. The van der Waals surface area contributed by atoms with E-state index in [2.05, 4.69) is 47.0 Å². The average Bonchev–Trinajstić information content (AvgIpc) is 2.93. The Balaban J connectivity index is 2.01. The average molecular weight is 235 g/mol. The molecule has 0 amide bonds. The molecule has 1 aliphatic carbocycles. The molecule has 0 saturated heterocycles. The second-order valence-electron chi connectivity index (χ2n) is 4.71. The van der Waals surface area contributed by atoms with Gasteiger partial charge in [-0.1, -0.05) is 24.3 Å². The van der Waals surface area contributed by atoms with E-state index in [0.29, 0.717) is 6.54 Å². The van der Waals surface area contributed by atoms with Gasteiger partial charge in [-0.15, -0.1) is 0 Å². The van der Waals surface area contributed by atoms with Gasteiger partial charge in [0.1, 0.15) is 5.65 Å². The van der Waals surface area contributed by atoms with Crippen LogP contribution in [0.5, 0.6) is 0 Å². The Morgan fingerprint density at radius 3 is 3.00 bits per heavy atom. The van der Waals surface area contributed by atoms with Crippen molar-refractivity contribution >= 4 is 5.65 Å². The lowest BCUT2D eigenvalue weighted by Crippen LogP contribution is -1.98. The van der Waals surface area contributed by atoms with Crippen LogP contribution in [-0.2, 0) is 13.0 Å². The maximum Gasteiger partial charge on any atom is 0.137 e. The Labute approximate surface area is 105 Å². The van der Waals surface area contributed by atoms with Gasteiger partial charge in [-0.3, -0.25) is 0 Å². The van der Waals surface area contributed by atoms with Gasteiger partial charge < -0.3 is 10.1 Å². The Morgan fingerprint density at radius 1 is 1.22 bits per heavy atom. The third kappa shape index (κ3) is 1.19. The molecule has 2 heterocycles. The summed E-state index contributed by atoms with van der Waals surface area (Å²) in [4.78, 5) is 4.75. The zero-order valence-corrected chi connectivity index (χ0v) is 9.93. The SMILES string of the molecule is NCc1ccn2c3c(nc2c1)-c1ccccc1C3. The molecule has 0 unspecified atom stereocenters. The maximum atomic E-state index is 5.67. The second kappa shape index (κ2) is 3.43. The van der Waals surface area contributed by atoms with Crippen molar-refractivity contribution in [2.75, 3.05) is 0 Å². The second-order valence-corrected chi connectivity index (χ2v) is 4.71. The molecule has 0 radical (unpaired) electrons. The third-order valence-electron chi connectivity index (χ3n) is 3.66. The number of rotatable bonds is 1. The van der Waals surface area contributed by atoms with Crippen LogP contribution in [0.3, 0.4) is 0 Å². The van der Waals surface area contributed by atoms with E-state index in [-0.39, 0.29) is 0 Å². The van der Waals surface area contributed by atoms with Crippen LogP contribution < -0.4 is 5.73 Å². The molecule has 4 rings (SSSR count). The van der Waals surface area contributed by atoms with E-state index in [1.165, 1.54) is 16.8 Å². The van der Waals surface area contributed by atoms with Crippen LogP contribution in [0.1, 0.15) is 16.8 Å². The molecule has 0 fully saturated rings. The highest BCUT2D eigenvalue weighted by atomic mass is 15.0. The summed E-state index contributed by atoms with van der Waals surface area (Å²) in [5.74, 6) is 0. The molecular formula is C15H13N3. The van der Waals surface area contributed by atoms with Crippen LogP contribution in [0.25, 0.3) is 16.9 Å². The highest BCUT2D eigenvalue weighted by Crippen LogP contribution is 2.36. The minimum absolute atomic E-state index is 0.560. The molecule has 0 atom stereocenters. The molecule has 0 saturated carbocycles. The zero-order valence-electron chi connectivity index (χ0n) is 9.93. The van der Waals surface area contributed by atoms with Crippen LogP contribution in [-0.4, -0.2) is 9.38 Å². The Hall–Kier alpha value is -2.13. The number of benzene rings is 1. The molecule has 1 aromatic carbocycles. The van der Waals surface area contributed by atoms with Crippen molar-refractivity contribution in [1.82, 2.24) is 9.38 Å². The molecule has 3 nitrogen and oxygen atoms in total. The quantitative estimate of drug-likeness (QED) is 0.550. The van der Waals surface area contributed by atoms with E-state index in [1.807, 2.05) is 0 Å². The first-order chi connectivity index (χ1) is 8.86. The molecule has 1 aliphatic rings. The Bertz CT molecular complexity index is 756. The van der Waals surface area contributed by atoms with Gasteiger partial charge in [-0.25, -0.2) is 4.98 Å². The van der Waals surface area contributed by atoms with Crippen molar-refractivity contribution < 1.29 is 0 Å². The first-order valence-corrected chi connectivity index (χ1v) is 6.15. The predicted octanol–water partition coefficient (Wildman–Crippen LogP) is 2.36. The summed E-state index contributed by atoms with van der Waals surface area (Å²) in [6, 6.07) is 12.6. The van der Waals surface area contributed by atoms with Gasteiger partial charge >= 0.3 is 0 Å². The normalized spacial score (nSPS) is 12.7. The molecule has 3 aromatic rings. The summed E-state index contributed by atoms with van der Waals surface area (Å²) in [6.45, 7) is 0.560. The lowest BCUT2D eigenvalue weighted by Gasteiger charge is -2.01. The summed E-state index contributed by atoms with van der Waals surface area (Å²) in [5.41, 5.74) is 12.8. The summed E-state index contributed by atoms with van der Waals surface area (Å²) in [5, 5.41) is 0. The van der Waals surface area contributed by atoms with Gasteiger partial charge in [0.15, 0.2) is 0 Å². The highest BCUT2D eigenvalue weighted by Gasteiger charge is 2.23. The maximum absolute atomic E-state index is 5.67. The van der Waals surface area contributed by atoms with E-state index in [1.54, 1.807) is 0 Å². The van der Waals surface area contributed by atoms with Crippen LogP contribution >= 0.6 is 0 Å². The van der Waals surface area contributed by atoms with Crippen molar-refractivity contribution in [3.05, 3.63) is 59.4 Å². The van der Waals surface area contributed by atoms with Crippen molar-refractivity contribution in [2.45, 2.75) is 13.0 Å². The summed E-state index contributed by atoms with van der Waals surface area (Å²) in [7, 11) is 0. The number of pyridine rings is 1. The monoisotopic (exact) mass is 235 g/mol. The van der Waals surface area contributed by atoms with Gasteiger partial charge in [-0.05, 0) is 23.3 Å². The molecule has 2 N–H and O–H groups in total. The first-order valence-electron chi connectivity index (χ1n) is 6.15. The van der Waals surface area contributed by atoms with Crippen molar-refractivity contribution in [3.8, 4) is 11.3 Å². The fourth-order valence-corrected chi connectivity index (χ4v) is 2.74. The van der Waals surface area contributed by atoms with E-state index in [4.69, 9.17) is 10.7 Å². The molecule has 0 spiro atoms. The summed E-state index contributed by atoms with van der Waals surface area (Å²) in [6.07, 6.45) is 3.05. The molecule has 18 heavy (non-hydrogen) atoms. The molecule has 3 heteroatoms. The van der Waals surface area contributed by atoms with Crippen LogP contribution in [0, 0.1) is 0 Å². The van der Waals surface area contributed by atoms with Gasteiger partial charge in [-0.2, -0.15) is 0 Å². The van der Waals surface area contributed by atoms with Gasteiger partial charge in [0.2, 0.25) is 0 Å². The van der Waals surface area contributed by atoms with Crippen LogP contribution in [0.2, 0.25) is 0 Å². The summed E-state index contributed by atoms with van der Waals surface area (Å²) >= 11 is 0. The fourth-order valence-electron chi connectivity index (χ4n) is 2.74. The number of aromatic nitrogens is 2. The van der Waals surface area contributed by atoms with Crippen molar-refractivity contribution in [2.24, 2.45) is 5.73 Å². The molecule has 88 valence electrons. The standard InChI is InChI=1S/C15H13N3/c16-9-10-5-6-18-13-8-11-3-1-2-4-12(11)15(13)17-14(18)7-10/h1-7H,8-9,16H2. The van der Waals surface area contributed by atoms with E-state index < -0.39 is 0 Å². The largest absolute Gasteiger partial charge is 0.326 e. The highest BCUT2D eigenvalue weighted by molar-refractivity contribution is 5.75. The lowest BCUT2D eigenvalue weighted by atomic mass is 10.1.